The first kappa shape index (κ1) is 26.4. The number of rotatable bonds is 8. The van der Waals surface area contributed by atoms with Crippen molar-refractivity contribution < 1.29 is 44.3 Å². The Morgan fingerprint density at radius 3 is 2.29 bits per heavy atom. The SMILES string of the molecule is O=C(CCCS(=O)(=O)c1nc(-c2cccs2)cc(C(F)(F)F)n1)Nc1ccc(OC(F)(F)F)cc1. The molecule has 15 heteroatoms. The standard InChI is InChI=1S/C20H15F6N3O4S2/c21-19(22,23)16-11-14(15-3-1-9-34-15)28-18(29-16)35(31,32)10-2-4-17(30)27-12-5-7-13(8-6-12)33-20(24,25)26/h1,3,5-9,11H,2,4,10H2,(H,27,30). The van der Waals surface area contributed by atoms with Crippen LogP contribution in [0.1, 0.15) is 18.5 Å². The van der Waals surface area contributed by atoms with Crippen LogP contribution in [-0.4, -0.2) is 36.4 Å². The largest absolute Gasteiger partial charge is 0.573 e. The van der Waals surface area contributed by atoms with Gasteiger partial charge in [0.05, 0.1) is 16.3 Å². The van der Waals surface area contributed by atoms with E-state index in [1.807, 2.05) is 0 Å². The van der Waals surface area contributed by atoms with Gasteiger partial charge in [-0.2, -0.15) is 13.2 Å². The van der Waals surface area contributed by atoms with Crippen molar-refractivity contribution in [1.82, 2.24) is 9.97 Å². The topological polar surface area (TPSA) is 98.2 Å². The van der Waals surface area contributed by atoms with Crippen LogP contribution < -0.4 is 10.1 Å². The second-order valence-electron chi connectivity index (χ2n) is 6.94. The van der Waals surface area contributed by atoms with Gasteiger partial charge >= 0.3 is 12.5 Å². The summed E-state index contributed by atoms with van der Waals surface area (Å²) in [6.07, 6.45) is -10.4. The van der Waals surface area contributed by atoms with Gasteiger partial charge in [0.1, 0.15) is 11.4 Å². The van der Waals surface area contributed by atoms with E-state index in [0.29, 0.717) is 10.9 Å². The normalized spacial score (nSPS) is 12.4. The predicted molar refractivity (Wildman–Crippen MR) is 113 cm³/mol. The van der Waals surface area contributed by atoms with Crippen LogP contribution in [0.5, 0.6) is 5.75 Å². The van der Waals surface area contributed by atoms with Crippen molar-refractivity contribution in [2.75, 3.05) is 11.1 Å². The van der Waals surface area contributed by atoms with Gasteiger partial charge in [-0.3, -0.25) is 4.79 Å². The lowest BCUT2D eigenvalue weighted by molar-refractivity contribution is -0.274. The van der Waals surface area contributed by atoms with Gasteiger partial charge in [-0.25, -0.2) is 18.4 Å². The van der Waals surface area contributed by atoms with Gasteiger partial charge < -0.3 is 10.1 Å². The number of hydrogen-bond acceptors (Lipinski definition) is 7. The van der Waals surface area contributed by atoms with Crippen molar-refractivity contribution in [3.8, 4) is 16.3 Å². The van der Waals surface area contributed by atoms with Crippen LogP contribution >= 0.6 is 11.3 Å². The van der Waals surface area contributed by atoms with Crippen LogP contribution in [0.2, 0.25) is 0 Å². The molecule has 0 fully saturated rings. The second kappa shape index (κ2) is 10.2. The van der Waals surface area contributed by atoms with E-state index < -0.39 is 50.6 Å². The molecular weight excluding hydrogens is 524 g/mol. The summed E-state index contributed by atoms with van der Waals surface area (Å²) in [5.74, 6) is -1.86. The highest BCUT2D eigenvalue weighted by Gasteiger charge is 2.35. The second-order valence-corrected chi connectivity index (χ2v) is 9.89. The number of nitrogens with one attached hydrogen (secondary N) is 1. The Hall–Kier alpha value is -3.20. The summed E-state index contributed by atoms with van der Waals surface area (Å²) >= 11 is 1.07. The van der Waals surface area contributed by atoms with Gasteiger partial charge in [-0.05, 0) is 48.2 Å². The number of nitrogens with zero attached hydrogens (tertiary/aromatic N) is 2. The van der Waals surface area contributed by atoms with Crippen LogP contribution in [0.4, 0.5) is 32.0 Å². The van der Waals surface area contributed by atoms with E-state index in [1.165, 1.54) is 6.07 Å². The quantitative estimate of drug-likeness (QED) is 0.308. The molecule has 0 atom stereocenters. The zero-order valence-corrected chi connectivity index (χ0v) is 19.0. The highest BCUT2D eigenvalue weighted by atomic mass is 32.2. The average Bonchev–Trinajstić information content (AvgIpc) is 3.28. The Morgan fingerprint density at radius 2 is 1.71 bits per heavy atom. The lowest BCUT2D eigenvalue weighted by Gasteiger charge is -2.11. The molecule has 0 saturated carbocycles. The predicted octanol–water partition coefficient (Wildman–Crippen LogP) is 5.32. The van der Waals surface area contributed by atoms with Gasteiger partial charge in [0, 0.05) is 12.1 Å². The number of amides is 1. The van der Waals surface area contributed by atoms with Crippen molar-refractivity contribution in [2.45, 2.75) is 30.5 Å². The van der Waals surface area contributed by atoms with E-state index in [1.54, 1.807) is 11.4 Å². The highest BCUT2D eigenvalue weighted by molar-refractivity contribution is 7.91. The van der Waals surface area contributed by atoms with Crippen LogP contribution in [0.25, 0.3) is 10.6 Å². The fourth-order valence-electron chi connectivity index (χ4n) is 2.74. The van der Waals surface area contributed by atoms with Crippen LogP contribution in [0, 0.1) is 0 Å². The van der Waals surface area contributed by atoms with Crippen molar-refractivity contribution in [2.24, 2.45) is 0 Å². The number of anilines is 1. The minimum atomic E-state index is -4.90. The number of sulfone groups is 1. The summed E-state index contributed by atoms with van der Waals surface area (Å²) in [5.41, 5.74) is -1.48. The third-order valence-corrected chi connectivity index (χ3v) is 6.69. The van der Waals surface area contributed by atoms with Crippen molar-refractivity contribution >= 4 is 32.8 Å². The van der Waals surface area contributed by atoms with E-state index in [0.717, 1.165) is 35.6 Å². The van der Waals surface area contributed by atoms with Gasteiger partial charge in [0.25, 0.3) is 0 Å². The fourth-order valence-corrected chi connectivity index (χ4v) is 4.61. The number of thiophene rings is 1. The Labute approximate surface area is 198 Å². The van der Waals surface area contributed by atoms with Crippen LogP contribution in [0.15, 0.2) is 53.0 Å². The molecule has 0 aliphatic rings. The fraction of sp³-hybridized carbons (Fsp3) is 0.250. The lowest BCUT2D eigenvalue weighted by atomic mass is 10.2. The third kappa shape index (κ3) is 7.65. The van der Waals surface area contributed by atoms with E-state index >= 15 is 0 Å². The molecule has 0 spiro atoms. The summed E-state index contributed by atoms with van der Waals surface area (Å²) in [6, 6.07) is 7.96. The van der Waals surface area contributed by atoms with Crippen molar-refractivity contribution in [3.05, 3.63) is 53.5 Å². The third-order valence-electron chi connectivity index (χ3n) is 4.24. The van der Waals surface area contributed by atoms with Gasteiger partial charge in [-0.1, -0.05) is 6.07 Å². The van der Waals surface area contributed by atoms with Gasteiger partial charge in [0.2, 0.25) is 20.9 Å². The molecule has 0 aliphatic carbocycles. The summed E-state index contributed by atoms with van der Waals surface area (Å²) < 4.78 is 105. The maximum Gasteiger partial charge on any atom is 0.573 e. The van der Waals surface area contributed by atoms with Crippen LogP contribution in [-0.2, 0) is 20.8 Å². The Balaban J connectivity index is 1.64. The Kier molecular flexibility index (Phi) is 7.69. The molecule has 2 aromatic heterocycles. The minimum Gasteiger partial charge on any atom is -0.406 e. The molecule has 0 aliphatic heterocycles. The van der Waals surface area contributed by atoms with Gasteiger partial charge in [0.15, 0.2) is 0 Å². The molecule has 0 saturated heterocycles. The molecule has 0 unspecified atom stereocenters. The summed E-state index contributed by atoms with van der Waals surface area (Å²) in [6.45, 7) is 0. The number of hydrogen-bond donors (Lipinski definition) is 1. The summed E-state index contributed by atoms with van der Waals surface area (Å²) in [5, 5.41) is 2.95. The van der Waals surface area contributed by atoms with E-state index in [9.17, 15) is 39.6 Å². The zero-order valence-electron chi connectivity index (χ0n) is 17.4. The number of carbonyl (C=O) groups is 1. The van der Waals surface area contributed by atoms with Gasteiger partial charge in [-0.15, -0.1) is 24.5 Å². The molecule has 1 N–H and O–H groups in total. The average molecular weight is 539 g/mol. The molecule has 7 nitrogen and oxygen atoms in total. The van der Waals surface area contributed by atoms with Crippen molar-refractivity contribution in [1.29, 1.82) is 0 Å². The smallest absolute Gasteiger partial charge is 0.406 e. The number of aromatic nitrogens is 2. The Bertz CT molecular complexity index is 1280. The number of halogens is 6. The molecule has 2 heterocycles. The number of carbonyl (C=O) groups excluding carboxylic acids is 1. The minimum absolute atomic E-state index is 0.134. The molecule has 1 amide bonds. The molecule has 1 aromatic carbocycles. The number of benzene rings is 1. The zero-order chi connectivity index (χ0) is 25.9. The molecule has 3 aromatic rings. The first-order valence-electron chi connectivity index (χ1n) is 9.61. The van der Waals surface area contributed by atoms with Crippen LogP contribution in [0.3, 0.4) is 0 Å². The lowest BCUT2D eigenvalue weighted by Crippen LogP contribution is -2.18. The highest BCUT2D eigenvalue weighted by Crippen LogP contribution is 2.32. The Morgan fingerprint density at radius 1 is 1.03 bits per heavy atom. The van der Waals surface area contributed by atoms with E-state index in [-0.39, 0.29) is 24.2 Å². The maximum atomic E-state index is 13.3. The molecule has 3 rings (SSSR count). The first-order chi connectivity index (χ1) is 16.2. The first-order valence-corrected chi connectivity index (χ1v) is 12.1. The number of alkyl halides is 6. The summed E-state index contributed by atoms with van der Waals surface area (Å²) in [7, 11) is -4.37. The molecule has 0 radical (unpaired) electrons. The van der Waals surface area contributed by atoms with E-state index in [2.05, 4.69) is 20.0 Å². The number of ether oxygens (including phenoxy) is 1. The molecule has 188 valence electrons. The monoisotopic (exact) mass is 539 g/mol. The summed E-state index contributed by atoms with van der Waals surface area (Å²) in [4.78, 5) is 19.3. The molecule has 0 bridgehead atoms. The van der Waals surface area contributed by atoms with E-state index in [4.69, 9.17) is 0 Å². The molecular formula is C20H15F6N3O4S2. The van der Waals surface area contributed by atoms with Crippen molar-refractivity contribution in [3.63, 3.8) is 0 Å². The maximum absolute atomic E-state index is 13.3. The molecule has 35 heavy (non-hydrogen) atoms.